The van der Waals surface area contributed by atoms with Gasteiger partial charge in [0.2, 0.25) is 11.8 Å². The van der Waals surface area contributed by atoms with Crippen molar-refractivity contribution in [3.8, 4) is 5.75 Å². The summed E-state index contributed by atoms with van der Waals surface area (Å²) in [6.07, 6.45) is -0.154. The van der Waals surface area contributed by atoms with Gasteiger partial charge in [0.05, 0.1) is 24.7 Å². The Kier molecular flexibility index (Phi) is 3.47. The molecule has 0 saturated carbocycles. The van der Waals surface area contributed by atoms with Crippen LogP contribution in [0.25, 0.3) is 0 Å². The minimum absolute atomic E-state index is 0.154. The van der Waals surface area contributed by atoms with Gasteiger partial charge in [-0.1, -0.05) is 12.1 Å². The molecule has 1 aromatic carbocycles. The molecule has 1 atom stereocenters. The molecule has 1 aliphatic rings. The van der Waals surface area contributed by atoms with Crippen LogP contribution in [0.1, 0.15) is 6.42 Å². The Bertz CT molecular complexity index is 475. The summed E-state index contributed by atoms with van der Waals surface area (Å²) < 4.78 is 5.44. The Morgan fingerprint density at radius 2 is 2.11 bits per heavy atom. The SMILES string of the molecule is NC(=O)CC(N)C(=O)N1CCOc2ccccc21. The number of nitrogens with two attached hydrogens (primary N) is 2. The molecule has 6 nitrogen and oxygen atoms in total. The summed E-state index contributed by atoms with van der Waals surface area (Å²) in [5.74, 6) is -0.259. The van der Waals surface area contributed by atoms with Crippen molar-refractivity contribution in [2.75, 3.05) is 18.1 Å². The number of anilines is 1. The number of amides is 2. The molecule has 18 heavy (non-hydrogen) atoms. The quantitative estimate of drug-likeness (QED) is 0.762. The molecular formula is C12H15N3O3. The zero-order valence-electron chi connectivity index (χ0n) is 9.83. The highest BCUT2D eigenvalue weighted by atomic mass is 16.5. The number of carbonyl (C=O) groups excluding carboxylic acids is 2. The first-order valence-corrected chi connectivity index (χ1v) is 5.66. The van der Waals surface area contributed by atoms with Gasteiger partial charge in [0.15, 0.2) is 0 Å². The molecule has 0 aromatic heterocycles. The van der Waals surface area contributed by atoms with E-state index in [0.717, 1.165) is 0 Å². The average molecular weight is 249 g/mol. The van der Waals surface area contributed by atoms with Gasteiger partial charge < -0.3 is 21.1 Å². The normalized spacial score (nSPS) is 15.5. The number of ether oxygens (including phenoxy) is 1. The van der Waals surface area contributed by atoms with Gasteiger partial charge in [-0.2, -0.15) is 0 Å². The van der Waals surface area contributed by atoms with Crippen LogP contribution in [0, 0.1) is 0 Å². The maximum atomic E-state index is 12.1. The lowest BCUT2D eigenvalue weighted by Gasteiger charge is -2.31. The lowest BCUT2D eigenvalue weighted by atomic mass is 10.1. The second-order valence-electron chi connectivity index (χ2n) is 4.08. The van der Waals surface area contributed by atoms with Crippen molar-refractivity contribution >= 4 is 17.5 Å². The van der Waals surface area contributed by atoms with Gasteiger partial charge in [0, 0.05) is 0 Å². The fourth-order valence-corrected chi connectivity index (χ4v) is 1.90. The first kappa shape index (κ1) is 12.4. The summed E-state index contributed by atoms with van der Waals surface area (Å²) >= 11 is 0. The van der Waals surface area contributed by atoms with Gasteiger partial charge in [-0.05, 0) is 12.1 Å². The van der Waals surface area contributed by atoms with Gasteiger partial charge in [-0.25, -0.2) is 0 Å². The Morgan fingerprint density at radius 1 is 1.39 bits per heavy atom. The number of para-hydroxylation sites is 2. The van der Waals surface area contributed by atoms with Crippen molar-refractivity contribution in [1.29, 1.82) is 0 Å². The first-order chi connectivity index (χ1) is 8.59. The summed E-state index contributed by atoms with van der Waals surface area (Å²) in [6.45, 7) is 0.828. The van der Waals surface area contributed by atoms with Crippen LogP contribution in [-0.2, 0) is 9.59 Å². The Hall–Kier alpha value is -2.08. The second-order valence-corrected chi connectivity index (χ2v) is 4.08. The molecule has 2 amide bonds. The highest BCUT2D eigenvalue weighted by molar-refractivity contribution is 6.00. The lowest BCUT2D eigenvalue weighted by molar-refractivity contribution is -0.124. The molecule has 96 valence electrons. The van der Waals surface area contributed by atoms with Crippen molar-refractivity contribution in [2.45, 2.75) is 12.5 Å². The van der Waals surface area contributed by atoms with Crippen LogP contribution < -0.4 is 21.1 Å². The first-order valence-electron chi connectivity index (χ1n) is 5.66. The molecule has 0 aliphatic carbocycles. The van der Waals surface area contributed by atoms with E-state index in [0.29, 0.717) is 24.6 Å². The van der Waals surface area contributed by atoms with E-state index in [-0.39, 0.29) is 12.3 Å². The van der Waals surface area contributed by atoms with E-state index in [2.05, 4.69) is 0 Å². The largest absolute Gasteiger partial charge is 0.490 e. The van der Waals surface area contributed by atoms with E-state index < -0.39 is 11.9 Å². The van der Waals surface area contributed by atoms with E-state index in [1.165, 1.54) is 4.90 Å². The molecule has 6 heteroatoms. The zero-order chi connectivity index (χ0) is 13.1. The van der Waals surface area contributed by atoms with E-state index in [4.69, 9.17) is 16.2 Å². The predicted molar refractivity (Wildman–Crippen MR) is 66.1 cm³/mol. The Labute approximate surface area is 104 Å². The number of fused-ring (bicyclic) bond motifs is 1. The number of hydrogen-bond donors (Lipinski definition) is 2. The molecule has 1 heterocycles. The fourth-order valence-electron chi connectivity index (χ4n) is 1.90. The molecule has 2 rings (SSSR count). The summed E-state index contributed by atoms with van der Waals surface area (Å²) in [4.78, 5) is 24.5. The van der Waals surface area contributed by atoms with Gasteiger partial charge in [0.1, 0.15) is 12.4 Å². The molecular weight excluding hydrogens is 234 g/mol. The number of rotatable bonds is 3. The lowest BCUT2D eigenvalue weighted by Crippen LogP contribution is -2.48. The van der Waals surface area contributed by atoms with Crippen molar-refractivity contribution < 1.29 is 14.3 Å². The summed E-state index contributed by atoms with van der Waals surface area (Å²) in [6, 6.07) is 6.30. The monoisotopic (exact) mass is 249 g/mol. The summed E-state index contributed by atoms with van der Waals surface area (Å²) in [5, 5.41) is 0. The third-order valence-electron chi connectivity index (χ3n) is 2.73. The van der Waals surface area contributed by atoms with Crippen LogP contribution in [0.15, 0.2) is 24.3 Å². The molecule has 1 aliphatic heterocycles. The van der Waals surface area contributed by atoms with E-state index >= 15 is 0 Å². The highest BCUT2D eigenvalue weighted by Gasteiger charge is 2.27. The number of hydrogen-bond acceptors (Lipinski definition) is 4. The molecule has 4 N–H and O–H groups in total. The third-order valence-corrected chi connectivity index (χ3v) is 2.73. The van der Waals surface area contributed by atoms with Gasteiger partial charge in [-0.3, -0.25) is 9.59 Å². The maximum absolute atomic E-state index is 12.1. The van der Waals surface area contributed by atoms with Crippen molar-refractivity contribution in [3.05, 3.63) is 24.3 Å². The molecule has 0 spiro atoms. The highest BCUT2D eigenvalue weighted by Crippen LogP contribution is 2.31. The van der Waals surface area contributed by atoms with E-state index in [1.807, 2.05) is 12.1 Å². The summed E-state index contributed by atoms with van der Waals surface area (Å²) in [5.41, 5.74) is 11.4. The van der Waals surface area contributed by atoms with Crippen LogP contribution in [0.4, 0.5) is 5.69 Å². The molecule has 1 unspecified atom stereocenters. The average Bonchev–Trinajstić information content (AvgIpc) is 2.36. The molecule has 0 fully saturated rings. The number of carbonyl (C=O) groups is 2. The van der Waals surface area contributed by atoms with Gasteiger partial charge >= 0.3 is 0 Å². The number of nitrogens with zero attached hydrogens (tertiary/aromatic N) is 1. The number of benzene rings is 1. The van der Waals surface area contributed by atoms with Crippen LogP contribution in [0.2, 0.25) is 0 Å². The van der Waals surface area contributed by atoms with Gasteiger partial charge in [-0.15, -0.1) is 0 Å². The topological polar surface area (TPSA) is 98.7 Å². The molecule has 0 saturated heterocycles. The summed E-state index contributed by atoms with van der Waals surface area (Å²) in [7, 11) is 0. The minimum Gasteiger partial charge on any atom is -0.490 e. The Morgan fingerprint density at radius 3 is 2.83 bits per heavy atom. The molecule has 0 bridgehead atoms. The maximum Gasteiger partial charge on any atom is 0.244 e. The molecule has 0 radical (unpaired) electrons. The third kappa shape index (κ3) is 2.43. The van der Waals surface area contributed by atoms with Crippen LogP contribution >= 0.6 is 0 Å². The van der Waals surface area contributed by atoms with E-state index in [9.17, 15) is 9.59 Å². The van der Waals surface area contributed by atoms with Crippen LogP contribution in [0.3, 0.4) is 0 Å². The second kappa shape index (κ2) is 5.05. The van der Waals surface area contributed by atoms with Crippen molar-refractivity contribution in [2.24, 2.45) is 11.5 Å². The fraction of sp³-hybridized carbons (Fsp3) is 0.333. The van der Waals surface area contributed by atoms with Gasteiger partial charge in [0.25, 0.3) is 0 Å². The van der Waals surface area contributed by atoms with Crippen LogP contribution in [0.5, 0.6) is 5.75 Å². The zero-order valence-corrected chi connectivity index (χ0v) is 9.83. The smallest absolute Gasteiger partial charge is 0.244 e. The number of primary amides is 1. The predicted octanol–water partition coefficient (Wildman–Crippen LogP) is -0.385. The van der Waals surface area contributed by atoms with Crippen molar-refractivity contribution in [3.63, 3.8) is 0 Å². The van der Waals surface area contributed by atoms with Crippen LogP contribution in [-0.4, -0.2) is 31.0 Å². The van der Waals surface area contributed by atoms with E-state index in [1.54, 1.807) is 12.1 Å². The minimum atomic E-state index is -0.909. The molecule has 1 aromatic rings. The Balaban J connectivity index is 2.20. The van der Waals surface area contributed by atoms with Crippen molar-refractivity contribution in [1.82, 2.24) is 0 Å². The standard InChI is InChI=1S/C12H15N3O3/c13-8(7-11(14)16)12(17)15-5-6-18-10-4-2-1-3-9(10)15/h1-4,8H,5-7,13H2,(H2,14,16).